The number of halogens is 1. The molecule has 22 heavy (non-hydrogen) atoms. The number of carbonyl (C=O) groups excluding carboxylic acids is 1. The number of nitrogens with two attached hydrogens (primary N) is 1. The van der Waals surface area contributed by atoms with Gasteiger partial charge in [0.2, 0.25) is 5.91 Å². The van der Waals surface area contributed by atoms with Crippen molar-refractivity contribution >= 4 is 29.3 Å². The number of benzene rings is 1. The largest absolute Gasteiger partial charge is 0.460 e. The van der Waals surface area contributed by atoms with E-state index < -0.39 is 0 Å². The Labute approximate surface area is 137 Å². The van der Waals surface area contributed by atoms with Crippen LogP contribution in [0.5, 0.6) is 0 Å². The molecule has 0 saturated carbocycles. The van der Waals surface area contributed by atoms with Crippen LogP contribution >= 0.6 is 12.4 Å². The van der Waals surface area contributed by atoms with Crippen molar-refractivity contribution in [2.24, 2.45) is 11.7 Å². The highest BCUT2D eigenvalue weighted by molar-refractivity contribution is 5.86. The Balaban J connectivity index is 0.00000176. The van der Waals surface area contributed by atoms with E-state index in [1.807, 2.05) is 42.2 Å². The van der Waals surface area contributed by atoms with Crippen LogP contribution in [-0.2, 0) is 4.79 Å². The highest BCUT2D eigenvalue weighted by Crippen LogP contribution is 2.30. The Bertz CT molecular complexity index is 622. The number of hydrogen-bond acceptors (Lipinski definition) is 3. The molecule has 1 aliphatic rings. The Morgan fingerprint density at radius 1 is 1.45 bits per heavy atom. The van der Waals surface area contributed by atoms with E-state index in [-0.39, 0.29) is 30.3 Å². The number of carbonyl (C=O) groups is 1. The number of fused-ring (bicyclic) bond motifs is 1. The van der Waals surface area contributed by atoms with Crippen molar-refractivity contribution in [2.45, 2.75) is 32.2 Å². The maximum atomic E-state index is 12.7. The van der Waals surface area contributed by atoms with Crippen LogP contribution in [0.3, 0.4) is 0 Å². The number of hydrogen-bond donors (Lipinski definition) is 1. The van der Waals surface area contributed by atoms with Gasteiger partial charge in [-0.2, -0.15) is 0 Å². The van der Waals surface area contributed by atoms with E-state index in [0.717, 1.165) is 29.7 Å². The number of rotatable bonds is 3. The lowest BCUT2D eigenvalue weighted by atomic mass is 10.1. The minimum Gasteiger partial charge on any atom is -0.460 e. The fraction of sp³-hybridized carbons (Fsp3) is 0.471. The van der Waals surface area contributed by atoms with Crippen LogP contribution in [-0.4, -0.2) is 29.9 Å². The maximum Gasteiger partial charge on any atom is 0.233 e. The second-order valence-electron chi connectivity index (χ2n) is 6.09. The second kappa shape index (κ2) is 6.71. The van der Waals surface area contributed by atoms with Crippen molar-refractivity contribution in [3.8, 4) is 0 Å². The average Bonchev–Trinajstić information content (AvgIpc) is 3.08. The second-order valence-corrected chi connectivity index (χ2v) is 6.09. The first kappa shape index (κ1) is 16.8. The normalized spacial score (nSPS) is 22.6. The molecular weight excluding hydrogens is 300 g/mol. The van der Waals surface area contributed by atoms with Crippen LogP contribution in [0.1, 0.15) is 31.9 Å². The predicted octanol–water partition coefficient (Wildman–Crippen LogP) is 3.15. The molecule has 3 rings (SSSR count). The Hall–Kier alpha value is -1.52. The monoisotopic (exact) mass is 322 g/mol. The highest BCUT2D eigenvalue weighted by Gasteiger charge is 2.35. The number of nitrogens with zero attached hydrogens (tertiary/aromatic N) is 1. The molecular formula is C17H23ClN2O2. The van der Waals surface area contributed by atoms with Gasteiger partial charge in [0, 0.05) is 18.0 Å². The van der Waals surface area contributed by atoms with Crippen LogP contribution in [0.2, 0.25) is 0 Å². The number of amides is 1. The summed E-state index contributed by atoms with van der Waals surface area (Å²) in [4.78, 5) is 14.7. The van der Waals surface area contributed by atoms with E-state index in [4.69, 9.17) is 10.2 Å². The third kappa shape index (κ3) is 2.99. The molecule has 1 amide bonds. The van der Waals surface area contributed by atoms with E-state index in [1.54, 1.807) is 0 Å². The van der Waals surface area contributed by atoms with E-state index in [0.29, 0.717) is 12.5 Å². The zero-order chi connectivity index (χ0) is 15.0. The Morgan fingerprint density at radius 2 is 2.18 bits per heavy atom. The van der Waals surface area contributed by atoms with E-state index in [2.05, 4.69) is 6.92 Å². The molecule has 1 saturated heterocycles. The third-order valence-corrected chi connectivity index (χ3v) is 4.52. The summed E-state index contributed by atoms with van der Waals surface area (Å²) in [5.74, 6) is 1.05. The van der Waals surface area contributed by atoms with Gasteiger partial charge in [-0.3, -0.25) is 4.79 Å². The van der Waals surface area contributed by atoms with Crippen molar-refractivity contribution < 1.29 is 9.21 Å². The van der Waals surface area contributed by atoms with E-state index >= 15 is 0 Å². The Morgan fingerprint density at radius 3 is 2.82 bits per heavy atom. The first-order valence-electron chi connectivity index (χ1n) is 7.59. The van der Waals surface area contributed by atoms with Crippen molar-refractivity contribution in [2.75, 3.05) is 13.1 Å². The lowest BCUT2D eigenvalue weighted by Crippen LogP contribution is -2.37. The summed E-state index contributed by atoms with van der Waals surface area (Å²) in [6, 6.07) is 10.1. The highest BCUT2D eigenvalue weighted by atomic mass is 35.5. The van der Waals surface area contributed by atoms with E-state index in [1.165, 1.54) is 0 Å². The minimum atomic E-state index is -0.253. The smallest absolute Gasteiger partial charge is 0.233 e. The van der Waals surface area contributed by atoms with Crippen molar-refractivity contribution in [1.82, 2.24) is 4.90 Å². The van der Waals surface area contributed by atoms with Crippen molar-refractivity contribution in [3.63, 3.8) is 0 Å². The van der Waals surface area contributed by atoms with Gasteiger partial charge in [-0.15, -0.1) is 12.4 Å². The van der Waals surface area contributed by atoms with Crippen LogP contribution in [0.25, 0.3) is 11.0 Å². The SMILES string of the molecule is CC(C(=O)N1CC(CN)CC1C)c1cc2ccccc2o1.Cl. The quantitative estimate of drug-likeness (QED) is 0.944. The third-order valence-electron chi connectivity index (χ3n) is 4.52. The van der Waals surface area contributed by atoms with Gasteiger partial charge in [0.1, 0.15) is 11.3 Å². The molecule has 4 nitrogen and oxygen atoms in total. The van der Waals surface area contributed by atoms with Crippen LogP contribution < -0.4 is 5.73 Å². The molecule has 0 radical (unpaired) electrons. The molecule has 2 N–H and O–H groups in total. The summed E-state index contributed by atoms with van der Waals surface area (Å²) in [5, 5.41) is 1.04. The number of para-hydroxylation sites is 1. The van der Waals surface area contributed by atoms with Crippen molar-refractivity contribution in [3.05, 3.63) is 36.1 Å². The average molecular weight is 323 g/mol. The molecule has 1 fully saturated rings. The van der Waals surface area contributed by atoms with Gasteiger partial charge in [-0.1, -0.05) is 18.2 Å². The standard InChI is InChI=1S/C17H22N2O2.ClH/c1-11-7-13(9-18)10-19(11)17(20)12(2)16-8-14-5-3-4-6-15(14)21-16;/h3-6,8,11-13H,7,9-10,18H2,1-2H3;1H. The minimum absolute atomic E-state index is 0. The molecule has 1 aromatic carbocycles. The molecule has 3 atom stereocenters. The van der Waals surface area contributed by atoms with Gasteiger partial charge in [0.15, 0.2) is 0 Å². The van der Waals surface area contributed by atoms with Gasteiger partial charge < -0.3 is 15.1 Å². The van der Waals surface area contributed by atoms with Gasteiger partial charge >= 0.3 is 0 Å². The molecule has 0 bridgehead atoms. The molecule has 0 spiro atoms. The summed E-state index contributed by atoms with van der Waals surface area (Å²) in [6.45, 7) is 5.43. The number of likely N-dealkylation sites (tertiary alicyclic amines) is 1. The first-order chi connectivity index (χ1) is 10.1. The molecule has 0 aliphatic carbocycles. The fourth-order valence-electron chi connectivity index (χ4n) is 3.21. The van der Waals surface area contributed by atoms with Crippen LogP contribution in [0, 0.1) is 5.92 Å². The Kier molecular flexibility index (Phi) is 5.14. The van der Waals surface area contributed by atoms with Crippen LogP contribution in [0.15, 0.2) is 34.7 Å². The summed E-state index contributed by atoms with van der Waals surface area (Å²) in [6.07, 6.45) is 0.995. The van der Waals surface area contributed by atoms with Crippen LogP contribution in [0.4, 0.5) is 0 Å². The summed E-state index contributed by atoms with van der Waals surface area (Å²) >= 11 is 0. The molecule has 1 aliphatic heterocycles. The van der Waals surface area contributed by atoms with E-state index in [9.17, 15) is 4.79 Å². The molecule has 2 aromatic rings. The van der Waals surface area contributed by atoms with Gasteiger partial charge in [0.25, 0.3) is 0 Å². The lowest BCUT2D eigenvalue weighted by Gasteiger charge is -2.24. The fourth-order valence-corrected chi connectivity index (χ4v) is 3.21. The summed E-state index contributed by atoms with van der Waals surface area (Å²) in [5.41, 5.74) is 6.57. The zero-order valence-electron chi connectivity index (χ0n) is 13.0. The van der Waals surface area contributed by atoms with Gasteiger partial charge in [-0.05, 0) is 44.9 Å². The molecule has 2 heterocycles. The lowest BCUT2D eigenvalue weighted by molar-refractivity contribution is -0.133. The van der Waals surface area contributed by atoms with Gasteiger partial charge in [-0.25, -0.2) is 0 Å². The van der Waals surface area contributed by atoms with Crippen molar-refractivity contribution in [1.29, 1.82) is 0 Å². The summed E-state index contributed by atoms with van der Waals surface area (Å²) in [7, 11) is 0. The zero-order valence-corrected chi connectivity index (χ0v) is 13.8. The molecule has 5 heteroatoms. The maximum absolute atomic E-state index is 12.7. The van der Waals surface area contributed by atoms with Gasteiger partial charge in [0.05, 0.1) is 5.92 Å². The summed E-state index contributed by atoms with van der Waals surface area (Å²) < 4.78 is 5.83. The topological polar surface area (TPSA) is 59.5 Å². The predicted molar refractivity (Wildman–Crippen MR) is 90.2 cm³/mol. The molecule has 120 valence electrons. The molecule has 1 aromatic heterocycles. The number of furan rings is 1. The molecule has 3 unspecified atom stereocenters. The first-order valence-corrected chi connectivity index (χ1v) is 7.59.